The summed E-state index contributed by atoms with van der Waals surface area (Å²) in [5.74, 6) is -2.01. The molecule has 2 aliphatic rings. The van der Waals surface area contributed by atoms with Crippen LogP contribution in [0.15, 0.2) is 29.8 Å². The van der Waals surface area contributed by atoms with Gasteiger partial charge >= 0.3 is 11.9 Å². The lowest BCUT2D eigenvalue weighted by atomic mass is 9.66. The molecule has 3 rings (SSSR count). The van der Waals surface area contributed by atoms with E-state index in [4.69, 9.17) is 0 Å². The van der Waals surface area contributed by atoms with Gasteiger partial charge in [0.2, 0.25) is 0 Å². The van der Waals surface area contributed by atoms with Crippen LogP contribution in [0, 0.1) is 5.41 Å². The normalized spacial score (nSPS) is 27.9. The van der Waals surface area contributed by atoms with Gasteiger partial charge in [-0.2, -0.15) is 0 Å². The van der Waals surface area contributed by atoms with Gasteiger partial charge < -0.3 is 10.2 Å². The number of rotatable bonds is 2. The van der Waals surface area contributed by atoms with Crippen LogP contribution in [-0.2, 0) is 9.59 Å². The van der Waals surface area contributed by atoms with Crippen molar-refractivity contribution in [3.63, 3.8) is 0 Å². The quantitative estimate of drug-likeness (QED) is 0.868. The van der Waals surface area contributed by atoms with Crippen LogP contribution >= 0.6 is 0 Å². The molecular weight excluding hydrogens is 256 g/mol. The maximum absolute atomic E-state index is 11.7. The molecule has 0 radical (unpaired) electrons. The van der Waals surface area contributed by atoms with Gasteiger partial charge in [-0.1, -0.05) is 30.7 Å². The first-order valence-corrected chi connectivity index (χ1v) is 6.77. The lowest BCUT2D eigenvalue weighted by Gasteiger charge is -2.36. The number of fused-ring (bicyclic) bond motifs is 3. The molecule has 1 unspecified atom stereocenters. The van der Waals surface area contributed by atoms with Crippen molar-refractivity contribution in [2.75, 3.05) is 0 Å². The van der Waals surface area contributed by atoms with Crippen molar-refractivity contribution in [3.8, 4) is 0 Å². The van der Waals surface area contributed by atoms with E-state index in [-0.39, 0.29) is 11.5 Å². The topological polar surface area (TPSA) is 74.6 Å². The van der Waals surface area contributed by atoms with Crippen LogP contribution in [0.1, 0.15) is 43.2 Å². The summed E-state index contributed by atoms with van der Waals surface area (Å²) >= 11 is 0. The first kappa shape index (κ1) is 12.9. The summed E-state index contributed by atoms with van der Waals surface area (Å²) in [5, 5.41) is 19.2. The van der Waals surface area contributed by atoms with Gasteiger partial charge in [-0.25, -0.2) is 4.79 Å². The third-order valence-corrected chi connectivity index (χ3v) is 4.67. The summed E-state index contributed by atoms with van der Waals surface area (Å²) in [5.41, 5.74) is 1.37. The van der Waals surface area contributed by atoms with E-state index in [0.29, 0.717) is 17.6 Å². The highest BCUT2D eigenvalue weighted by Gasteiger charge is 2.50. The number of hydrogen-bond donors (Lipinski definition) is 2. The van der Waals surface area contributed by atoms with Crippen molar-refractivity contribution < 1.29 is 19.8 Å². The third-order valence-electron chi connectivity index (χ3n) is 4.67. The Labute approximate surface area is 116 Å². The average molecular weight is 272 g/mol. The first-order chi connectivity index (χ1) is 9.47. The van der Waals surface area contributed by atoms with Crippen LogP contribution in [0.4, 0.5) is 0 Å². The fraction of sp³-hybridized carbons (Fsp3) is 0.375. The molecule has 2 aliphatic carbocycles. The Bertz CT molecular complexity index is 644. The van der Waals surface area contributed by atoms with E-state index in [1.807, 2.05) is 12.1 Å². The van der Waals surface area contributed by atoms with Crippen molar-refractivity contribution in [2.24, 2.45) is 5.41 Å². The van der Waals surface area contributed by atoms with E-state index in [1.54, 1.807) is 19.1 Å². The van der Waals surface area contributed by atoms with E-state index in [0.717, 1.165) is 18.4 Å². The summed E-state index contributed by atoms with van der Waals surface area (Å²) in [6.45, 7) is 1.66. The molecule has 2 atom stereocenters. The molecule has 1 fully saturated rings. The van der Waals surface area contributed by atoms with Gasteiger partial charge in [0.15, 0.2) is 0 Å². The fourth-order valence-corrected chi connectivity index (χ4v) is 3.71. The number of carboxylic acid groups (broad SMARTS) is 2. The Hall–Kier alpha value is -2.10. The average Bonchev–Trinajstić information content (AvgIpc) is 2.75. The molecule has 0 spiro atoms. The summed E-state index contributed by atoms with van der Waals surface area (Å²) in [4.78, 5) is 23.4. The maximum atomic E-state index is 11.7. The maximum Gasteiger partial charge on any atom is 0.336 e. The second-order valence-electron chi connectivity index (χ2n) is 5.76. The van der Waals surface area contributed by atoms with Crippen molar-refractivity contribution >= 4 is 17.5 Å². The van der Waals surface area contributed by atoms with E-state index >= 15 is 0 Å². The van der Waals surface area contributed by atoms with Crippen LogP contribution in [-0.4, -0.2) is 22.2 Å². The molecule has 0 aliphatic heterocycles. The molecule has 1 aromatic carbocycles. The van der Waals surface area contributed by atoms with E-state index in [1.165, 1.54) is 0 Å². The van der Waals surface area contributed by atoms with Gasteiger partial charge in [-0.15, -0.1) is 0 Å². The Kier molecular flexibility index (Phi) is 2.71. The van der Waals surface area contributed by atoms with Crippen molar-refractivity contribution in [3.05, 3.63) is 41.0 Å². The van der Waals surface area contributed by atoms with Crippen LogP contribution in [0.3, 0.4) is 0 Å². The summed E-state index contributed by atoms with van der Waals surface area (Å²) in [6.07, 6.45) is 2.13. The second kappa shape index (κ2) is 4.20. The molecule has 0 saturated heterocycles. The molecule has 0 amide bonds. The SMILES string of the molecule is C[C@@]1(C(=O)O)CCCC2C1=C(C(=O)O)c1ccccc12. The third kappa shape index (κ3) is 1.54. The van der Waals surface area contributed by atoms with Gasteiger partial charge in [0.05, 0.1) is 11.0 Å². The predicted octanol–water partition coefficient (Wildman–Crippen LogP) is 2.90. The Morgan fingerprint density at radius 1 is 1.25 bits per heavy atom. The zero-order valence-electron chi connectivity index (χ0n) is 11.2. The molecule has 1 aromatic rings. The molecule has 20 heavy (non-hydrogen) atoms. The number of carboxylic acids is 2. The monoisotopic (exact) mass is 272 g/mol. The molecule has 0 aromatic heterocycles. The highest BCUT2D eigenvalue weighted by atomic mass is 16.4. The molecule has 2 N–H and O–H groups in total. The van der Waals surface area contributed by atoms with Crippen molar-refractivity contribution in [1.82, 2.24) is 0 Å². The van der Waals surface area contributed by atoms with Gasteiger partial charge in [0.25, 0.3) is 0 Å². The highest BCUT2D eigenvalue weighted by Crippen LogP contribution is 2.56. The van der Waals surface area contributed by atoms with Gasteiger partial charge in [-0.3, -0.25) is 4.79 Å². The fourth-order valence-electron chi connectivity index (χ4n) is 3.71. The lowest BCUT2D eigenvalue weighted by molar-refractivity contribution is -0.146. The largest absolute Gasteiger partial charge is 0.481 e. The first-order valence-electron chi connectivity index (χ1n) is 6.77. The summed E-state index contributed by atoms with van der Waals surface area (Å²) in [6, 6.07) is 7.39. The van der Waals surface area contributed by atoms with Crippen LogP contribution in [0.2, 0.25) is 0 Å². The zero-order chi connectivity index (χ0) is 14.5. The smallest absolute Gasteiger partial charge is 0.336 e. The Morgan fingerprint density at radius 3 is 2.60 bits per heavy atom. The molecule has 4 nitrogen and oxygen atoms in total. The zero-order valence-corrected chi connectivity index (χ0v) is 11.2. The van der Waals surface area contributed by atoms with Gasteiger partial charge in [0, 0.05) is 5.92 Å². The molecule has 0 heterocycles. The minimum atomic E-state index is -1.07. The number of benzene rings is 1. The van der Waals surface area contributed by atoms with Crippen LogP contribution in [0.25, 0.3) is 5.57 Å². The van der Waals surface area contributed by atoms with E-state index in [2.05, 4.69) is 0 Å². The predicted molar refractivity (Wildman–Crippen MR) is 73.3 cm³/mol. The molecule has 104 valence electrons. The van der Waals surface area contributed by atoms with E-state index < -0.39 is 17.4 Å². The minimum absolute atomic E-state index is 0.0628. The Morgan fingerprint density at radius 2 is 1.95 bits per heavy atom. The molecular formula is C16H16O4. The number of aliphatic carboxylic acids is 2. The van der Waals surface area contributed by atoms with Gasteiger partial charge in [0.1, 0.15) is 0 Å². The van der Waals surface area contributed by atoms with Crippen molar-refractivity contribution in [2.45, 2.75) is 32.1 Å². The molecule has 1 saturated carbocycles. The Balaban J connectivity index is 2.30. The molecule has 0 bridgehead atoms. The number of hydrogen-bond acceptors (Lipinski definition) is 2. The standard InChI is InChI=1S/C16H16O4/c1-16(15(19)20)8-4-7-11-9-5-2-3-6-10(9)12(13(11)16)14(17)18/h2-3,5-6,11H,4,7-8H2,1H3,(H,17,18)(H,19,20)/t11?,16-/m1/s1. The highest BCUT2D eigenvalue weighted by molar-refractivity contribution is 6.19. The minimum Gasteiger partial charge on any atom is -0.481 e. The lowest BCUT2D eigenvalue weighted by Crippen LogP contribution is -2.35. The number of carbonyl (C=O) groups is 2. The van der Waals surface area contributed by atoms with Crippen LogP contribution < -0.4 is 0 Å². The second-order valence-corrected chi connectivity index (χ2v) is 5.76. The summed E-state index contributed by atoms with van der Waals surface area (Å²) < 4.78 is 0. The van der Waals surface area contributed by atoms with Crippen molar-refractivity contribution in [1.29, 1.82) is 0 Å². The van der Waals surface area contributed by atoms with E-state index in [9.17, 15) is 19.8 Å². The molecule has 4 heteroatoms. The van der Waals surface area contributed by atoms with Crippen LogP contribution in [0.5, 0.6) is 0 Å². The summed E-state index contributed by atoms with van der Waals surface area (Å²) in [7, 11) is 0. The van der Waals surface area contributed by atoms with Gasteiger partial charge in [-0.05, 0) is 36.5 Å².